The van der Waals surface area contributed by atoms with Gasteiger partial charge in [0.2, 0.25) is 0 Å². The number of thioether (sulfide) groups is 2. The van der Waals surface area contributed by atoms with E-state index >= 15 is 0 Å². The summed E-state index contributed by atoms with van der Waals surface area (Å²) in [5, 5.41) is 39.7. The first kappa shape index (κ1) is 22.5. The van der Waals surface area contributed by atoms with Crippen LogP contribution in [0.4, 0.5) is 0 Å². The molecule has 0 aromatic rings. The summed E-state index contributed by atoms with van der Waals surface area (Å²) >= 11 is 3.26. The van der Waals surface area contributed by atoms with Crippen molar-refractivity contribution in [2.24, 2.45) is 11.8 Å². The van der Waals surface area contributed by atoms with Crippen molar-refractivity contribution in [3.8, 4) is 0 Å². The van der Waals surface area contributed by atoms with Gasteiger partial charge in [-0.1, -0.05) is 40.5 Å². The lowest BCUT2D eigenvalue weighted by Gasteiger charge is -2.31. The van der Waals surface area contributed by atoms with Gasteiger partial charge in [0.1, 0.15) is 18.3 Å². The van der Waals surface area contributed by atoms with Gasteiger partial charge >= 0.3 is 0 Å². The average Bonchev–Trinajstić information content (AvgIpc) is 2.51. The number of hydrogen-bond acceptors (Lipinski definition) is 6. The second kappa shape index (κ2) is 12.0. The van der Waals surface area contributed by atoms with Crippen molar-refractivity contribution in [2.45, 2.75) is 76.5 Å². The Kier molecular flexibility index (Phi) is 12.3. The summed E-state index contributed by atoms with van der Waals surface area (Å²) in [6.45, 7) is 10.0. The molecule has 6 atom stereocenters. The summed E-state index contributed by atoms with van der Waals surface area (Å²) in [5.41, 5.74) is 0. The van der Waals surface area contributed by atoms with Crippen LogP contribution in [0.1, 0.15) is 47.5 Å². The summed E-state index contributed by atoms with van der Waals surface area (Å²) in [7, 11) is 0. The van der Waals surface area contributed by atoms with E-state index in [1.165, 1.54) is 6.92 Å². The monoisotopic (exact) mass is 354 g/mol. The molecule has 0 heterocycles. The molecule has 0 fully saturated rings. The van der Waals surface area contributed by atoms with Crippen LogP contribution in [0.3, 0.4) is 0 Å². The van der Waals surface area contributed by atoms with Crippen molar-refractivity contribution in [3.63, 3.8) is 0 Å². The first-order valence-corrected chi connectivity index (χ1v) is 10.3. The Morgan fingerprint density at radius 3 is 1.41 bits per heavy atom. The quantitative estimate of drug-likeness (QED) is 0.403. The van der Waals surface area contributed by atoms with Crippen LogP contribution in [0.2, 0.25) is 0 Å². The molecular formula is C16H34O4S2. The summed E-state index contributed by atoms with van der Waals surface area (Å²) in [4.78, 5) is 0. The maximum atomic E-state index is 10.4. The maximum absolute atomic E-state index is 10.4. The van der Waals surface area contributed by atoms with Crippen molar-refractivity contribution in [1.82, 2.24) is 0 Å². The minimum Gasteiger partial charge on any atom is -0.391 e. The molecule has 134 valence electrons. The van der Waals surface area contributed by atoms with Gasteiger partial charge in [0.15, 0.2) is 0 Å². The van der Waals surface area contributed by atoms with Gasteiger partial charge in [0.25, 0.3) is 0 Å². The molecular weight excluding hydrogens is 320 g/mol. The smallest absolute Gasteiger partial charge is 0.110 e. The minimum absolute atomic E-state index is 0.202. The van der Waals surface area contributed by atoms with Crippen LogP contribution in [0, 0.1) is 11.8 Å². The molecule has 4 nitrogen and oxygen atoms in total. The fraction of sp³-hybridized carbons (Fsp3) is 1.00. The van der Waals surface area contributed by atoms with Crippen LogP contribution >= 0.6 is 23.5 Å². The lowest BCUT2D eigenvalue weighted by molar-refractivity contribution is -0.0952. The Morgan fingerprint density at radius 1 is 0.682 bits per heavy atom. The summed E-state index contributed by atoms with van der Waals surface area (Å²) in [5.74, 6) is 2.90. The third kappa shape index (κ3) is 8.41. The third-order valence-electron chi connectivity index (χ3n) is 3.96. The van der Waals surface area contributed by atoms with Gasteiger partial charge in [-0.05, 0) is 30.3 Å². The van der Waals surface area contributed by atoms with E-state index in [1.807, 2.05) is 0 Å². The van der Waals surface area contributed by atoms with Crippen LogP contribution in [0.25, 0.3) is 0 Å². The fourth-order valence-electron chi connectivity index (χ4n) is 1.65. The molecule has 0 aliphatic heterocycles. The normalized spacial score (nSPS) is 21.7. The molecule has 6 heteroatoms. The highest BCUT2D eigenvalue weighted by Crippen LogP contribution is 2.33. The molecule has 0 aliphatic carbocycles. The van der Waals surface area contributed by atoms with Gasteiger partial charge < -0.3 is 20.4 Å². The second-order valence-corrected chi connectivity index (χ2v) is 8.92. The van der Waals surface area contributed by atoms with E-state index < -0.39 is 24.4 Å². The molecule has 0 aromatic carbocycles. The van der Waals surface area contributed by atoms with E-state index in [-0.39, 0.29) is 4.58 Å². The van der Waals surface area contributed by atoms with Crippen molar-refractivity contribution in [1.29, 1.82) is 0 Å². The Morgan fingerprint density at radius 2 is 1.09 bits per heavy atom. The number of hydrogen-bond donors (Lipinski definition) is 4. The van der Waals surface area contributed by atoms with E-state index in [0.717, 1.165) is 24.3 Å². The predicted molar refractivity (Wildman–Crippen MR) is 97.3 cm³/mol. The SMILES string of the molecule is CCC(C)CSC(SCC(C)CC)[C@H](O)[C@@H](O)[C@@H](O)[C@@H](C)O. The Balaban J connectivity index is 4.72. The largest absolute Gasteiger partial charge is 0.391 e. The zero-order valence-corrected chi connectivity index (χ0v) is 16.1. The highest BCUT2D eigenvalue weighted by atomic mass is 32.2. The minimum atomic E-state index is -1.33. The van der Waals surface area contributed by atoms with Crippen LogP contribution < -0.4 is 0 Å². The highest BCUT2D eigenvalue weighted by molar-refractivity contribution is 8.17. The van der Waals surface area contributed by atoms with E-state index in [2.05, 4.69) is 27.7 Å². The molecule has 0 spiro atoms. The van der Waals surface area contributed by atoms with Gasteiger partial charge in [-0.15, -0.1) is 23.5 Å². The van der Waals surface area contributed by atoms with E-state index in [9.17, 15) is 20.4 Å². The van der Waals surface area contributed by atoms with Crippen molar-refractivity contribution < 1.29 is 20.4 Å². The van der Waals surface area contributed by atoms with Gasteiger partial charge in [0.05, 0.1) is 10.7 Å². The third-order valence-corrected chi connectivity index (χ3v) is 7.51. The topological polar surface area (TPSA) is 80.9 Å². The van der Waals surface area contributed by atoms with Crippen molar-refractivity contribution in [2.75, 3.05) is 11.5 Å². The average molecular weight is 355 g/mol. The molecule has 0 aromatic heterocycles. The van der Waals surface area contributed by atoms with Crippen LogP contribution in [-0.4, -0.2) is 60.9 Å². The summed E-state index contributed by atoms with van der Waals surface area (Å²) < 4.78 is -0.202. The van der Waals surface area contributed by atoms with Gasteiger partial charge in [-0.25, -0.2) is 0 Å². The van der Waals surface area contributed by atoms with E-state index in [1.54, 1.807) is 23.5 Å². The molecule has 0 amide bonds. The highest BCUT2D eigenvalue weighted by Gasteiger charge is 2.34. The van der Waals surface area contributed by atoms with Gasteiger partial charge in [-0.2, -0.15) is 0 Å². The molecule has 4 N–H and O–H groups in total. The molecule has 0 rings (SSSR count). The molecule has 0 saturated carbocycles. The zero-order valence-electron chi connectivity index (χ0n) is 14.5. The Hall–Kier alpha value is 0.540. The molecule has 22 heavy (non-hydrogen) atoms. The van der Waals surface area contributed by atoms with Crippen LogP contribution in [0.15, 0.2) is 0 Å². The Bertz CT molecular complexity index is 265. The van der Waals surface area contributed by atoms with Crippen molar-refractivity contribution >= 4 is 23.5 Å². The molecule has 0 aliphatic rings. The zero-order chi connectivity index (χ0) is 17.3. The van der Waals surface area contributed by atoms with Crippen LogP contribution in [-0.2, 0) is 0 Å². The second-order valence-electron chi connectivity index (χ2n) is 6.27. The van der Waals surface area contributed by atoms with E-state index in [0.29, 0.717) is 11.8 Å². The first-order valence-electron chi connectivity index (χ1n) is 8.19. The van der Waals surface area contributed by atoms with Crippen LogP contribution in [0.5, 0.6) is 0 Å². The van der Waals surface area contributed by atoms with Gasteiger partial charge in [-0.3, -0.25) is 0 Å². The maximum Gasteiger partial charge on any atom is 0.110 e. The number of rotatable bonds is 12. The first-order chi connectivity index (χ1) is 10.2. The van der Waals surface area contributed by atoms with Gasteiger partial charge in [0, 0.05) is 0 Å². The lowest BCUT2D eigenvalue weighted by atomic mass is 10.1. The molecule has 0 saturated heterocycles. The lowest BCUT2D eigenvalue weighted by Crippen LogP contribution is -2.47. The number of aliphatic hydroxyl groups excluding tert-OH is 4. The Labute approximate surface area is 144 Å². The molecule has 0 bridgehead atoms. The van der Waals surface area contributed by atoms with Crippen molar-refractivity contribution in [3.05, 3.63) is 0 Å². The molecule has 0 radical (unpaired) electrons. The summed E-state index contributed by atoms with van der Waals surface area (Å²) in [6, 6.07) is 0. The predicted octanol–water partition coefficient (Wildman–Crippen LogP) is 2.33. The standard InChI is InChI=1S/C16H34O4S2/c1-6-10(3)8-21-16(22-9-11(4)7-2)15(20)14(19)13(18)12(5)17/h10-20H,6-9H2,1-5H3/t10?,11?,12-,13+,14+,15-,16?/m1/s1. The van der Waals surface area contributed by atoms with E-state index in [4.69, 9.17) is 0 Å². The fourth-order valence-corrected chi connectivity index (χ4v) is 4.73. The summed E-state index contributed by atoms with van der Waals surface area (Å²) in [6.07, 6.45) is -2.64. The molecule has 2 unspecified atom stereocenters. The number of aliphatic hydroxyl groups is 4.